The van der Waals surface area contributed by atoms with Crippen LogP contribution in [0.15, 0.2) is 42.1 Å². The van der Waals surface area contributed by atoms with Gasteiger partial charge < -0.3 is 4.84 Å². The topological polar surface area (TPSA) is 60.3 Å². The normalized spacial score (nSPS) is 9.75. The summed E-state index contributed by atoms with van der Waals surface area (Å²) >= 11 is 0. The third-order valence-electron chi connectivity index (χ3n) is 1.97. The van der Waals surface area contributed by atoms with Crippen molar-refractivity contribution in [3.8, 4) is 11.3 Å². The molecular weight excluding hydrogens is 204 g/mol. The molecule has 0 fully saturated rings. The number of nitrogens with zero attached hydrogens (tertiary/aromatic N) is 4. The predicted octanol–water partition coefficient (Wildman–Crippen LogP) is 1.67. The van der Waals surface area contributed by atoms with Crippen LogP contribution < -0.4 is 0 Å². The maximum absolute atomic E-state index is 4.83. The highest BCUT2D eigenvalue weighted by atomic mass is 16.6. The molecule has 2 aromatic rings. The van der Waals surface area contributed by atoms with E-state index in [0.29, 0.717) is 6.61 Å². The molecule has 0 aliphatic rings. The van der Waals surface area contributed by atoms with Gasteiger partial charge in [0.05, 0.1) is 11.4 Å². The summed E-state index contributed by atoms with van der Waals surface area (Å²) in [5.41, 5.74) is 2.47. The van der Waals surface area contributed by atoms with Crippen LogP contribution >= 0.6 is 0 Å². The van der Waals surface area contributed by atoms with Gasteiger partial charge in [0.15, 0.2) is 6.61 Å². The van der Waals surface area contributed by atoms with Crippen LogP contribution in [0.3, 0.4) is 0 Å². The van der Waals surface area contributed by atoms with Crippen molar-refractivity contribution in [3.05, 3.63) is 42.6 Å². The van der Waals surface area contributed by atoms with Crippen LogP contribution in [0.4, 0.5) is 0 Å². The van der Waals surface area contributed by atoms with Gasteiger partial charge in [-0.1, -0.05) is 6.07 Å². The predicted molar refractivity (Wildman–Crippen MR) is 59.6 cm³/mol. The summed E-state index contributed by atoms with van der Waals surface area (Å²) in [6, 6.07) is 5.65. The monoisotopic (exact) mass is 214 g/mol. The standard InChI is InChI=1S/C11H10N4O/c1-12-16-7-10-3-2-4-11(15-10)9-5-13-8-14-6-9/h2-6,8H,1,7H2. The van der Waals surface area contributed by atoms with Crippen molar-refractivity contribution in [3.63, 3.8) is 0 Å². The molecule has 2 heterocycles. The minimum atomic E-state index is 0.311. The summed E-state index contributed by atoms with van der Waals surface area (Å²) in [5.74, 6) is 0. The van der Waals surface area contributed by atoms with E-state index in [0.717, 1.165) is 17.0 Å². The van der Waals surface area contributed by atoms with Gasteiger partial charge in [-0.15, -0.1) is 5.16 Å². The van der Waals surface area contributed by atoms with Crippen molar-refractivity contribution in [2.75, 3.05) is 0 Å². The van der Waals surface area contributed by atoms with Gasteiger partial charge in [-0.2, -0.15) is 0 Å². The molecule has 0 spiro atoms. The molecule has 0 aliphatic carbocycles. The number of rotatable bonds is 4. The maximum Gasteiger partial charge on any atom is 0.159 e. The van der Waals surface area contributed by atoms with Gasteiger partial charge in [-0.05, 0) is 12.1 Å². The Bertz CT molecular complexity index is 472. The second-order valence-electron chi connectivity index (χ2n) is 3.04. The molecule has 5 heteroatoms. The van der Waals surface area contributed by atoms with Gasteiger partial charge in [-0.3, -0.25) is 0 Å². The lowest BCUT2D eigenvalue weighted by Gasteiger charge is -2.02. The molecule has 0 amide bonds. The Morgan fingerprint density at radius 2 is 2.06 bits per heavy atom. The summed E-state index contributed by atoms with van der Waals surface area (Å²) in [4.78, 5) is 17.1. The van der Waals surface area contributed by atoms with Gasteiger partial charge >= 0.3 is 0 Å². The molecule has 0 N–H and O–H groups in total. The first-order chi connectivity index (χ1) is 7.90. The Balaban J connectivity index is 2.25. The fraction of sp³-hybridized carbons (Fsp3) is 0.0909. The molecule has 0 aliphatic heterocycles. The molecule has 80 valence electrons. The molecule has 2 rings (SSSR count). The van der Waals surface area contributed by atoms with Gasteiger partial charge in [0.1, 0.15) is 6.33 Å². The third kappa shape index (κ3) is 2.38. The summed E-state index contributed by atoms with van der Waals surface area (Å²) in [6.07, 6.45) is 4.91. The van der Waals surface area contributed by atoms with E-state index in [2.05, 4.69) is 26.8 Å². The Labute approximate surface area is 92.8 Å². The minimum absolute atomic E-state index is 0.311. The zero-order valence-electron chi connectivity index (χ0n) is 8.58. The highest BCUT2D eigenvalue weighted by Crippen LogP contribution is 2.14. The Morgan fingerprint density at radius 3 is 2.81 bits per heavy atom. The molecule has 2 aromatic heterocycles. The summed E-state index contributed by atoms with van der Waals surface area (Å²) < 4.78 is 0. The molecule has 0 radical (unpaired) electrons. The van der Waals surface area contributed by atoms with Crippen LogP contribution in [0.2, 0.25) is 0 Å². The van der Waals surface area contributed by atoms with E-state index in [1.807, 2.05) is 18.2 Å². The first-order valence-corrected chi connectivity index (χ1v) is 4.69. The van der Waals surface area contributed by atoms with Gasteiger partial charge in [0.2, 0.25) is 0 Å². The second-order valence-corrected chi connectivity index (χ2v) is 3.04. The Hall–Kier alpha value is -2.30. The number of hydrogen-bond donors (Lipinski definition) is 0. The van der Waals surface area contributed by atoms with Crippen LogP contribution in [0.25, 0.3) is 11.3 Å². The van der Waals surface area contributed by atoms with Crippen LogP contribution in [0, 0.1) is 0 Å². The fourth-order valence-electron chi connectivity index (χ4n) is 1.26. The first kappa shape index (κ1) is 10.2. The molecule has 0 unspecified atom stereocenters. The molecule has 0 atom stereocenters. The lowest BCUT2D eigenvalue weighted by Crippen LogP contribution is -1.93. The lowest BCUT2D eigenvalue weighted by atomic mass is 10.2. The lowest BCUT2D eigenvalue weighted by molar-refractivity contribution is 0.130. The van der Waals surface area contributed by atoms with Crippen molar-refractivity contribution in [1.82, 2.24) is 15.0 Å². The number of hydrogen-bond acceptors (Lipinski definition) is 5. The van der Waals surface area contributed by atoms with Crippen LogP contribution in [0.1, 0.15) is 5.69 Å². The van der Waals surface area contributed by atoms with Crippen LogP contribution in [-0.4, -0.2) is 21.7 Å². The minimum Gasteiger partial charge on any atom is -0.390 e. The molecule has 0 aromatic carbocycles. The first-order valence-electron chi connectivity index (χ1n) is 4.69. The van der Waals surface area contributed by atoms with E-state index in [4.69, 9.17) is 4.84 Å². The summed E-state index contributed by atoms with van der Waals surface area (Å²) in [6.45, 7) is 3.55. The van der Waals surface area contributed by atoms with Crippen molar-refractivity contribution in [2.24, 2.45) is 5.16 Å². The van der Waals surface area contributed by atoms with E-state index >= 15 is 0 Å². The molecule has 0 saturated heterocycles. The number of oxime groups is 1. The average molecular weight is 214 g/mol. The Kier molecular flexibility index (Phi) is 3.18. The van der Waals surface area contributed by atoms with Crippen LogP contribution in [-0.2, 0) is 11.4 Å². The highest BCUT2D eigenvalue weighted by molar-refractivity contribution is 5.56. The second kappa shape index (κ2) is 4.97. The van der Waals surface area contributed by atoms with Crippen molar-refractivity contribution < 1.29 is 4.84 Å². The number of pyridine rings is 1. The quantitative estimate of drug-likeness (QED) is 0.573. The highest BCUT2D eigenvalue weighted by Gasteiger charge is 2.01. The molecule has 0 saturated carbocycles. The third-order valence-corrected chi connectivity index (χ3v) is 1.97. The van der Waals surface area contributed by atoms with Gasteiger partial charge in [-0.25, -0.2) is 15.0 Å². The zero-order chi connectivity index (χ0) is 11.2. The van der Waals surface area contributed by atoms with Gasteiger partial charge in [0.25, 0.3) is 0 Å². The average Bonchev–Trinajstić information content (AvgIpc) is 2.38. The summed E-state index contributed by atoms with van der Waals surface area (Å²) in [5, 5.41) is 3.32. The van der Waals surface area contributed by atoms with Crippen molar-refractivity contribution >= 4 is 6.72 Å². The van der Waals surface area contributed by atoms with Gasteiger partial charge in [0, 0.05) is 24.7 Å². The summed E-state index contributed by atoms with van der Waals surface area (Å²) in [7, 11) is 0. The zero-order valence-corrected chi connectivity index (χ0v) is 8.58. The number of aromatic nitrogens is 3. The van der Waals surface area contributed by atoms with E-state index < -0.39 is 0 Å². The maximum atomic E-state index is 4.83. The SMILES string of the molecule is C=NOCc1cccc(-c2cncnc2)n1. The van der Waals surface area contributed by atoms with E-state index in [-0.39, 0.29) is 0 Å². The Morgan fingerprint density at radius 1 is 1.25 bits per heavy atom. The van der Waals surface area contributed by atoms with E-state index in [1.165, 1.54) is 6.33 Å². The largest absolute Gasteiger partial charge is 0.390 e. The van der Waals surface area contributed by atoms with Crippen molar-refractivity contribution in [1.29, 1.82) is 0 Å². The van der Waals surface area contributed by atoms with E-state index in [9.17, 15) is 0 Å². The van der Waals surface area contributed by atoms with E-state index in [1.54, 1.807) is 12.4 Å². The van der Waals surface area contributed by atoms with Crippen LogP contribution in [0.5, 0.6) is 0 Å². The van der Waals surface area contributed by atoms with Crippen molar-refractivity contribution in [2.45, 2.75) is 6.61 Å². The smallest absolute Gasteiger partial charge is 0.159 e. The molecule has 16 heavy (non-hydrogen) atoms. The molecule has 0 bridgehead atoms. The fourth-order valence-corrected chi connectivity index (χ4v) is 1.26. The molecular formula is C11H10N4O. The molecule has 5 nitrogen and oxygen atoms in total.